The summed E-state index contributed by atoms with van der Waals surface area (Å²) in [6.07, 6.45) is 2.20. The zero-order valence-corrected chi connectivity index (χ0v) is 18.5. The van der Waals surface area contributed by atoms with Crippen LogP contribution < -0.4 is 10.6 Å². The van der Waals surface area contributed by atoms with Crippen molar-refractivity contribution in [2.45, 2.75) is 44.2 Å². The summed E-state index contributed by atoms with van der Waals surface area (Å²) in [5, 5.41) is 6.36. The van der Waals surface area contributed by atoms with Crippen LogP contribution in [0.25, 0.3) is 0 Å². The maximum atomic E-state index is 13.6. The molecule has 2 aromatic heterocycles. The van der Waals surface area contributed by atoms with Gasteiger partial charge in [-0.3, -0.25) is 0 Å². The van der Waals surface area contributed by atoms with E-state index in [1.807, 2.05) is 24.3 Å². The van der Waals surface area contributed by atoms with Crippen molar-refractivity contribution in [3.63, 3.8) is 0 Å². The van der Waals surface area contributed by atoms with Gasteiger partial charge in [0.05, 0.1) is 11.3 Å². The maximum absolute atomic E-state index is 13.6. The predicted molar refractivity (Wildman–Crippen MR) is 121 cm³/mol. The van der Waals surface area contributed by atoms with Gasteiger partial charge in [0.15, 0.2) is 0 Å². The van der Waals surface area contributed by atoms with Gasteiger partial charge >= 0.3 is 6.18 Å². The number of aldehydes is 1. The van der Waals surface area contributed by atoms with Gasteiger partial charge in [0, 0.05) is 30.2 Å². The van der Waals surface area contributed by atoms with Gasteiger partial charge in [-0.2, -0.15) is 13.2 Å². The van der Waals surface area contributed by atoms with Crippen LogP contribution >= 0.6 is 0 Å². The molecule has 0 aliphatic carbocycles. The Balaban J connectivity index is 1.52. The van der Waals surface area contributed by atoms with Crippen molar-refractivity contribution in [2.24, 2.45) is 0 Å². The first kappa shape index (κ1) is 23.7. The largest absolute Gasteiger partial charge is 0.419 e. The number of nitrogens with one attached hydrogen (secondary N) is 2. The molecule has 0 amide bonds. The lowest BCUT2D eigenvalue weighted by Crippen LogP contribution is -2.26. The standard InChI is InChI=1S/C24H25F3N6O/c25-24(26,27)20-14-30-23(32-19-3-1-16(2-4-19)17-7-10-28-11-8-17)33-22(20)6-5-21-18(9-12-34)13-29-15-31-21/h1-4,12-15,17,28H,5-11H2,(H,30,32,33). The first-order valence-corrected chi connectivity index (χ1v) is 11.2. The van der Waals surface area contributed by atoms with E-state index in [-0.39, 0.29) is 30.9 Å². The summed E-state index contributed by atoms with van der Waals surface area (Å²) in [7, 11) is 0. The van der Waals surface area contributed by atoms with E-state index in [0.29, 0.717) is 29.1 Å². The van der Waals surface area contributed by atoms with Crippen LogP contribution in [0.1, 0.15) is 46.8 Å². The third kappa shape index (κ3) is 5.93. The van der Waals surface area contributed by atoms with Gasteiger partial charge in [0.2, 0.25) is 5.95 Å². The highest BCUT2D eigenvalue weighted by Gasteiger charge is 2.35. The molecule has 1 fully saturated rings. The summed E-state index contributed by atoms with van der Waals surface area (Å²) >= 11 is 0. The molecule has 7 nitrogen and oxygen atoms in total. The summed E-state index contributed by atoms with van der Waals surface area (Å²) in [6, 6.07) is 7.86. The quantitative estimate of drug-likeness (QED) is 0.481. The van der Waals surface area contributed by atoms with Crippen LogP contribution in [-0.2, 0) is 30.2 Å². The number of alkyl halides is 3. The van der Waals surface area contributed by atoms with Crippen molar-refractivity contribution in [2.75, 3.05) is 18.4 Å². The molecule has 4 rings (SSSR count). The Hall–Kier alpha value is -3.40. The minimum atomic E-state index is -4.58. The molecule has 0 unspecified atom stereocenters. The maximum Gasteiger partial charge on any atom is 0.419 e. The van der Waals surface area contributed by atoms with Crippen LogP contribution in [-0.4, -0.2) is 39.3 Å². The minimum absolute atomic E-state index is 0.0104. The second-order valence-corrected chi connectivity index (χ2v) is 8.19. The fourth-order valence-corrected chi connectivity index (χ4v) is 4.13. The fourth-order valence-electron chi connectivity index (χ4n) is 4.13. The highest BCUT2D eigenvalue weighted by atomic mass is 19.4. The Morgan fingerprint density at radius 3 is 2.47 bits per heavy atom. The van der Waals surface area contributed by atoms with E-state index in [9.17, 15) is 18.0 Å². The van der Waals surface area contributed by atoms with Gasteiger partial charge in [0.1, 0.15) is 12.6 Å². The third-order valence-corrected chi connectivity index (χ3v) is 5.93. The minimum Gasteiger partial charge on any atom is -0.324 e. The van der Waals surface area contributed by atoms with Crippen LogP contribution in [0.3, 0.4) is 0 Å². The van der Waals surface area contributed by atoms with Crippen molar-refractivity contribution >= 4 is 17.9 Å². The first-order valence-electron chi connectivity index (χ1n) is 11.2. The van der Waals surface area contributed by atoms with Crippen molar-refractivity contribution in [1.82, 2.24) is 25.3 Å². The lowest BCUT2D eigenvalue weighted by molar-refractivity contribution is -0.138. The Labute approximate surface area is 195 Å². The monoisotopic (exact) mass is 470 g/mol. The van der Waals surface area contributed by atoms with Crippen LogP contribution in [0.5, 0.6) is 0 Å². The van der Waals surface area contributed by atoms with Crippen molar-refractivity contribution in [3.05, 3.63) is 71.1 Å². The second kappa shape index (κ2) is 10.7. The molecular weight excluding hydrogens is 445 g/mol. The van der Waals surface area contributed by atoms with Crippen LogP contribution in [0.15, 0.2) is 43.0 Å². The summed E-state index contributed by atoms with van der Waals surface area (Å²) in [5.41, 5.74) is 2.05. The van der Waals surface area contributed by atoms with Gasteiger partial charge in [-0.25, -0.2) is 19.9 Å². The molecule has 1 saturated heterocycles. The Kier molecular flexibility index (Phi) is 7.46. The van der Waals surface area contributed by atoms with Gasteiger partial charge in [0.25, 0.3) is 0 Å². The summed E-state index contributed by atoms with van der Waals surface area (Å²) in [4.78, 5) is 27.0. The molecule has 3 aromatic rings. The average Bonchev–Trinajstić information content (AvgIpc) is 2.84. The van der Waals surface area contributed by atoms with E-state index in [2.05, 4.69) is 30.6 Å². The molecular formula is C24H25F3N6O. The molecule has 1 aliphatic heterocycles. The number of benzene rings is 1. The molecule has 178 valence electrons. The number of halogens is 3. The predicted octanol–water partition coefficient (Wildman–Crippen LogP) is 4.02. The molecule has 2 N–H and O–H groups in total. The summed E-state index contributed by atoms with van der Waals surface area (Å²) in [5.74, 6) is 0.601. The molecule has 0 bridgehead atoms. The SMILES string of the molecule is O=CCc1cncnc1CCc1nc(Nc2ccc(C3CCNCC3)cc2)ncc1C(F)(F)F. The van der Waals surface area contributed by atoms with Crippen LogP contribution in [0, 0.1) is 0 Å². The molecule has 10 heteroatoms. The zero-order chi connectivity index (χ0) is 24.0. The van der Waals surface area contributed by atoms with E-state index in [1.54, 1.807) is 0 Å². The van der Waals surface area contributed by atoms with Crippen LogP contribution in [0.4, 0.5) is 24.8 Å². The smallest absolute Gasteiger partial charge is 0.324 e. The number of rotatable bonds is 8. The van der Waals surface area contributed by atoms with E-state index in [4.69, 9.17) is 0 Å². The third-order valence-electron chi connectivity index (χ3n) is 5.93. The van der Waals surface area contributed by atoms with E-state index in [1.165, 1.54) is 18.1 Å². The number of carbonyl (C=O) groups excluding carboxylic acids is 1. The highest BCUT2D eigenvalue weighted by Crippen LogP contribution is 2.32. The number of aromatic nitrogens is 4. The molecule has 1 aromatic carbocycles. The van der Waals surface area contributed by atoms with Gasteiger partial charge in [-0.05, 0) is 68.0 Å². The number of carbonyl (C=O) groups is 1. The zero-order valence-electron chi connectivity index (χ0n) is 18.5. The van der Waals surface area contributed by atoms with E-state index in [0.717, 1.165) is 32.1 Å². The molecule has 3 heterocycles. The Morgan fingerprint density at radius 2 is 1.76 bits per heavy atom. The highest BCUT2D eigenvalue weighted by molar-refractivity contribution is 5.55. The van der Waals surface area contributed by atoms with Gasteiger partial charge in [-0.1, -0.05) is 12.1 Å². The van der Waals surface area contributed by atoms with Crippen molar-refractivity contribution in [3.8, 4) is 0 Å². The lowest BCUT2D eigenvalue weighted by Gasteiger charge is -2.23. The van der Waals surface area contributed by atoms with Crippen molar-refractivity contribution < 1.29 is 18.0 Å². The van der Waals surface area contributed by atoms with E-state index >= 15 is 0 Å². The summed E-state index contributed by atoms with van der Waals surface area (Å²) in [6.45, 7) is 2.00. The number of nitrogens with zero attached hydrogens (tertiary/aromatic N) is 4. The molecule has 0 radical (unpaired) electrons. The average molecular weight is 470 g/mol. The number of piperidine rings is 1. The molecule has 1 aliphatic rings. The molecule has 34 heavy (non-hydrogen) atoms. The molecule has 0 saturated carbocycles. The second-order valence-electron chi connectivity index (χ2n) is 8.19. The van der Waals surface area contributed by atoms with Crippen LogP contribution in [0.2, 0.25) is 0 Å². The molecule has 0 atom stereocenters. The fraction of sp³-hybridized carbons (Fsp3) is 0.375. The number of aryl methyl sites for hydroxylation is 2. The summed E-state index contributed by atoms with van der Waals surface area (Å²) < 4.78 is 40.7. The van der Waals surface area contributed by atoms with Gasteiger partial charge < -0.3 is 15.4 Å². The first-order chi connectivity index (χ1) is 16.4. The topological polar surface area (TPSA) is 92.7 Å². The molecule has 0 spiro atoms. The lowest BCUT2D eigenvalue weighted by atomic mass is 9.90. The number of hydrogen-bond donors (Lipinski definition) is 2. The number of anilines is 2. The van der Waals surface area contributed by atoms with Crippen molar-refractivity contribution in [1.29, 1.82) is 0 Å². The Morgan fingerprint density at radius 1 is 1.03 bits per heavy atom. The number of hydrogen-bond acceptors (Lipinski definition) is 7. The van der Waals surface area contributed by atoms with Gasteiger partial charge in [-0.15, -0.1) is 0 Å². The normalized spacial score (nSPS) is 14.7. The van der Waals surface area contributed by atoms with E-state index < -0.39 is 11.7 Å². The Bertz CT molecular complexity index is 1110.